The number of hydrogen-bond donors (Lipinski definition) is 1. The molecule has 0 atom stereocenters. The molecule has 0 saturated carbocycles. The van der Waals surface area contributed by atoms with Crippen LogP contribution >= 0.6 is 0 Å². The van der Waals surface area contributed by atoms with Gasteiger partial charge in [-0.2, -0.15) is 0 Å². The first-order valence-electron chi connectivity index (χ1n) is 8.86. The predicted molar refractivity (Wildman–Crippen MR) is 89.4 cm³/mol. The molecular weight excluding hydrogens is 246 g/mol. The van der Waals surface area contributed by atoms with Gasteiger partial charge in [0.1, 0.15) is 0 Å². The van der Waals surface area contributed by atoms with E-state index in [0.717, 1.165) is 32.6 Å². The van der Waals surface area contributed by atoms with E-state index >= 15 is 0 Å². The summed E-state index contributed by atoms with van der Waals surface area (Å²) >= 11 is 0. The highest BCUT2D eigenvalue weighted by Gasteiger charge is 2.14. The average molecular weight is 281 g/mol. The third-order valence-electron chi connectivity index (χ3n) is 4.18. The first kappa shape index (κ1) is 17.5. The molecule has 1 heterocycles. The van der Waals surface area contributed by atoms with Crippen LogP contribution in [0.4, 0.5) is 0 Å². The van der Waals surface area contributed by atoms with Crippen LogP contribution in [0.3, 0.4) is 0 Å². The van der Waals surface area contributed by atoms with Gasteiger partial charge in [0.05, 0.1) is 12.4 Å². The topological polar surface area (TPSA) is 41.6 Å². The van der Waals surface area contributed by atoms with Crippen LogP contribution in [0.25, 0.3) is 0 Å². The van der Waals surface area contributed by atoms with Gasteiger partial charge in [0.2, 0.25) is 0 Å². The van der Waals surface area contributed by atoms with E-state index in [2.05, 4.69) is 16.8 Å². The van der Waals surface area contributed by atoms with Gasteiger partial charge in [-0.05, 0) is 6.42 Å². The lowest BCUT2D eigenvalue weighted by Gasteiger charge is -2.19. The Bertz CT molecular complexity index is 251. The SMILES string of the molecule is CCCCCCCCCCCCC1=NCCN1CCN. The molecule has 1 aliphatic rings. The average Bonchev–Trinajstić information content (AvgIpc) is 2.89. The van der Waals surface area contributed by atoms with Gasteiger partial charge < -0.3 is 10.6 Å². The third kappa shape index (κ3) is 7.88. The summed E-state index contributed by atoms with van der Waals surface area (Å²) in [5.74, 6) is 1.31. The largest absolute Gasteiger partial charge is 0.357 e. The highest BCUT2D eigenvalue weighted by Crippen LogP contribution is 2.13. The molecule has 0 unspecified atom stereocenters. The fourth-order valence-electron chi connectivity index (χ4n) is 2.93. The summed E-state index contributed by atoms with van der Waals surface area (Å²) in [7, 11) is 0. The van der Waals surface area contributed by atoms with Crippen molar-refractivity contribution >= 4 is 5.84 Å². The van der Waals surface area contributed by atoms with Gasteiger partial charge in [-0.15, -0.1) is 0 Å². The summed E-state index contributed by atoms with van der Waals surface area (Å²) in [5, 5.41) is 0. The van der Waals surface area contributed by atoms with Crippen molar-refractivity contribution in [1.29, 1.82) is 0 Å². The molecule has 0 aromatic carbocycles. The minimum atomic E-state index is 0.747. The van der Waals surface area contributed by atoms with Crippen molar-refractivity contribution in [3.8, 4) is 0 Å². The van der Waals surface area contributed by atoms with E-state index in [1.807, 2.05) is 0 Å². The van der Waals surface area contributed by atoms with E-state index in [1.54, 1.807) is 0 Å². The number of aliphatic imine (C=N–C) groups is 1. The van der Waals surface area contributed by atoms with Gasteiger partial charge in [-0.25, -0.2) is 0 Å². The second-order valence-corrected chi connectivity index (χ2v) is 6.01. The molecule has 0 bridgehead atoms. The van der Waals surface area contributed by atoms with Crippen molar-refractivity contribution in [2.75, 3.05) is 26.2 Å². The smallest absolute Gasteiger partial charge is 0.0990 e. The summed E-state index contributed by atoms with van der Waals surface area (Å²) in [6.45, 7) is 6.08. The minimum Gasteiger partial charge on any atom is -0.357 e. The van der Waals surface area contributed by atoms with Crippen molar-refractivity contribution in [2.45, 2.75) is 77.6 Å². The van der Waals surface area contributed by atoms with E-state index in [0.29, 0.717) is 0 Å². The van der Waals surface area contributed by atoms with Crippen LogP contribution in [0.2, 0.25) is 0 Å². The molecule has 3 nitrogen and oxygen atoms in total. The number of hydrogen-bond acceptors (Lipinski definition) is 3. The monoisotopic (exact) mass is 281 g/mol. The number of amidine groups is 1. The second-order valence-electron chi connectivity index (χ2n) is 6.01. The maximum Gasteiger partial charge on any atom is 0.0990 e. The van der Waals surface area contributed by atoms with Crippen molar-refractivity contribution < 1.29 is 0 Å². The number of unbranched alkanes of at least 4 members (excludes halogenated alkanes) is 9. The number of nitrogens with zero attached hydrogens (tertiary/aromatic N) is 2. The Labute approximate surface area is 126 Å². The molecule has 0 amide bonds. The highest BCUT2D eigenvalue weighted by atomic mass is 15.2. The van der Waals surface area contributed by atoms with Crippen LogP contribution in [-0.2, 0) is 0 Å². The lowest BCUT2D eigenvalue weighted by Crippen LogP contribution is -2.32. The number of rotatable bonds is 13. The Morgan fingerprint density at radius 1 is 0.950 bits per heavy atom. The molecule has 118 valence electrons. The summed E-state index contributed by atoms with van der Waals surface area (Å²) in [6, 6.07) is 0. The molecule has 20 heavy (non-hydrogen) atoms. The summed E-state index contributed by atoms with van der Waals surface area (Å²) < 4.78 is 0. The van der Waals surface area contributed by atoms with Gasteiger partial charge in [0, 0.05) is 26.1 Å². The van der Waals surface area contributed by atoms with Crippen molar-refractivity contribution in [3.05, 3.63) is 0 Å². The van der Waals surface area contributed by atoms with Gasteiger partial charge in [0.25, 0.3) is 0 Å². The van der Waals surface area contributed by atoms with E-state index in [1.165, 1.54) is 70.0 Å². The zero-order valence-electron chi connectivity index (χ0n) is 13.6. The standard InChI is InChI=1S/C17H35N3/c1-2-3-4-5-6-7-8-9-10-11-12-17-19-14-16-20(17)15-13-18/h2-16,18H2,1H3. The van der Waals surface area contributed by atoms with Crippen LogP contribution in [0.1, 0.15) is 77.6 Å². The van der Waals surface area contributed by atoms with Crippen molar-refractivity contribution in [2.24, 2.45) is 10.7 Å². The Balaban J connectivity index is 1.87. The fraction of sp³-hybridized carbons (Fsp3) is 0.941. The molecule has 0 aromatic rings. The highest BCUT2D eigenvalue weighted by molar-refractivity contribution is 5.83. The lowest BCUT2D eigenvalue weighted by atomic mass is 10.1. The minimum absolute atomic E-state index is 0.747. The molecule has 3 heteroatoms. The van der Waals surface area contributed by atoms with E-state index in [-0.39, 0.29) is 0 Å². The molecule has 0 aromatic heterocycles. The van der Waals surface area contributed by atoms with Gasteiger partial charge in [-0.3, -0.25) is 4.99 Å². The Hall–Kier alpha value is -0.570. The fourth-order valence-corrected chi connectivity index (χ4v) is 2.93. The molecule has 1 aliphatic heterocycles. The summed E-state index contributed by atoms with van der Waals surface area (Å²) in [5.41, 5.74) is 5.63. The second kappa shape index (κ2) is 12.2. The molecule has 0 radical (unpaired) electrons. The zero-order valence-corrected chi connectivity index (χ0v) is 13.6. The van der Waals surface area contributed by atoms with Gasteiger partial charge >= 0.3 is 0 Å². The molecular formula is C17H35N3. The Kier molecular flexibility index (Phi) is 10.7. The molecule has 0 saturated heterocycles. The lowest BCUT2D eigenvalue weighted by molar-refractivity contribution is 0.455. The molecule has 2 N–H and O–H groups in total. The van der Waals surface area contributed by atoms with Gasteiger partial charge in [0.15, 0.2) is 0 Å². The van der Waals surface area contributed by atoms with E-state index < -0.39 is 0 Å². The quantitative estimate of drug-likeness (QED) is 0.519. The van der Waals surface area contributed by atoms with Crippen molar-refractivity contribution in [1.82, 2.24) is 4.90 Å². The molecule has 0 aliphatic carbocycles. The summed E-state index contributed by atoms with van der Waals surface area (Å²) in [6.07, 6.45) is 15.2. The Morgan fingerprint density at radius 2 is 1.55 bits per heavy atom. The van der Waals surface area contributed by atoms with Gasteiger partial charge in [-0.1, -0.05) is 64.7 Å². The zero-order chi connectivity index (χ0) is 14.5. The van der Waals surface area contributed by atoms with Crippen LogP contribution in [0.5, 0.6) is 0 Å². The normalized spacial score (nSPS) is 14.9. The summed E-state index contributed by atoms with van der Waals surface area (Å²) in [4.78, 5) is 6.97. The molecule has 0 fully saturated rings. The number of nitrogens with two attached hydrogens (primary N) is 1. The maximum atomic E-state index is 5.63. The van der Waals surface area contributed by atoms with Crippen LogP contribution in [-0.4, -0.2) is 36.9 Å². The van der Waals surface area contributed by atoms with E-state index in [9.17, 15) is 0 Å². The first-order chi connectivity index (χ1) is 9.88. The van der Waals surface area contributed by atoms with Crippen LogP contribution in [0.15, 0.2) is 4.99 Å². The first-order valence-corrected chi connectivity index (χ1v) is 8.86. The predicted octanol–water partition coefficient (Wildman–Crippen LogP) is 3.97. The maximum absolute atomic E-state index is 5.63. The van der Waals surface area contributed by atoms with E-state index in [4.69, 9.17) is 5.73 Å². The van der Waals surface area contributed by atoms with Crippen molar-refractivity contribution in [3.63, 3.8) is 0 Å². The van der Waals surface area contributed by atoms with Crippen LogP contribution in [0, 0.1) is 0 Å². The Morgan fingerprint density at radius 3 is 2.15 bits per heavy atom. The third-order valence-corrected chi connectivity index (χ3v) is 4.18. The molecule has 1 rings (SSSR count). The molecule has 0 spiro atoms. The van der Waals surface area contributed by atoms with Crippen LogP contribution < -0.4 is 5.73 Å².